The summed E-state index contributed by atoms with van der Waals surface area (Å²) in [5.74, 6) is 0.397. The number of carbonyl (C=O) groups is 1. The highest BCUT2D eigenvalue weighted by molar-refractivity contribution is 6.33. The zero-order valence-corrected chi connectivity index (χ0v) is 20.5. The van der Waals surface area contributed by atoms with E-state index in [4.69, 9.17) is 34.7 Å². The summed E-state index contributed by atoms with van der Waals surface area (Å²) in [5, 5.41) is 1.15. The number of benzene rings is 1. The highest BCUT2D eigenvalue weighted by Gasteiger charge is 2.34. The van der Waals surface area contributed by atoms with Crippen molar-refractivity contribution in [2.24, 2.45) is 5.73 Å². The van der Waals surface area contributed by atoms with Gasteiger partial charge in [0.1, 0.15) is 5.82 Å². The van der Waals surface area contributed by atoms with Gasteiger partial charge >= 0.3 is 0 Å². The number of carbonyl (C=O) groups excluding carboxylic acids is 1. The molecule has 1 aromatic heterocycles. The molecule has 2 aromatic rings. The SMILES string of the molecule is CC[C@H]1CN(c2ncc(N)cc2Cl)CCN1C1CCN(Cc2ccc(Cl)cc2C(N)=O)CC1. The number of hydrogen-bond acceptors (Lipinski definition) is 6. The smallest absolute Gasteiger partial charge is 0.249 e. The molecule has 9 heteroatoms. The molecule has 0 aliphatic carbocycles. The van der Waals surface area contributed by atoms with E-state index < -0.39 is 5.91 Å². The summed E-state index contributed by atoms with van der Waals surface area (Å²) >= 11 is 12.5. The second-order valence-corrected chi connectivity index (χ2v) is 9.84. The standard InChI is InChI=1S/C24H32Cl2N6O/c1-2-19-15-31(24-22(26)12-18(27)13-29-24)9-10-32(19)20-5-7-30(8-6-20)14-16-3-4-17(25)11-21(16)23(28)33/h3-4,11-13,19-20H,2,5-10,14-15,27H2,1H3,(H2,28,33)/t19-/m0/s1. The Labute approximate surface area is 205 Å². The number of nitrogens with two attached hydrogens (primary N) is 2. The third-order valence-corrected chi connectivity index (χ3v) is 7.41. The number of aromatic nitrogens is 1. The van der Waals surface area contributed by atoms with Crippen molar-refractivity contribution in [3.05, 3.63) is 51.6 Å². The summed E-state index contributed by atoms with van der Waals surface area (Å²) in [7, 11) is 0. The molecule has 1 aromatic carbocycles. The quantitative estimate of drug-likeness (QED) is 0.641. The van der Waals surface area contributed by atoms with Crippen LogP contribution in [0.5, 0.6) is 0 Å². The van der Waals surface area contributed by atoms with Crippen LogP contribution in [0.3, 0.4) is 0 Å². The highest BCUT2D eigenvalue weighted by Crippen LogP contribution is 2.30. The number of hydrogen-bond donors (Lipinski definition) is 2. The summed E-state index contributed by atoms with van der Waals surface area (Å²) in [6.07, 6.45) is 4.97. The Bertz CT molecular complexity index is 995. The molecule has 33 heavy (non-hydrogen) atoms. The maximum absolute atomic E-state index is 11.8. The lowest BCUT2D eigenvalue weighted by Gasteiger charge is -2.47. The van der Waals surface area contributed by atoms with E-state index in [0.717, 1.165) is 63.4 Å². The zero-order valence-electron chi connectivity index (χ0n) is 19.0. The molecule has 3 heterocycles. The number of nitrogens with zero attached hydrogens (tertiary/aromatic N) is 4. The molecule has 2 fully saturated rings. The lowest BCUT2D eigenvalue weighted by molar-refractivity contribution is 0.0609. The van der Waals surface area contributed by atoms with Crippen molar-refractivity contribution in [1.82, 2.24) is 14.8 Å². The lowest BCUT2D eigenvalue weighted by atomic mass is 9.97. The average molecular weight is 491 g/mol. The lowest BCUT2D eigenvalue weighted by Crippen LogP contribution is -2.58. The molecule has 0 bridgehead atoms. The first-order valence-corrected chi connectivity index (χ1v) is 12.3. The van der Waals surface area contributed by atoms with E-state index in [1.165, 1.54) is 0 Å². The van der Waals surface area contributed by atoms with Gasteiger partial charge in [0.05, 0.1) is 16.9 Å². The molecule has 0 spiro atoms. The molecule has 0 radical (unpaired) electrons. The Balaban J connectivity index is 1.36. The van der Waals surface area contributed by atoms with Gasteiger partial charge in [0, 0.05) is 48.8 Å². The van der Waals surface area contributed by atoms with Crippen molar-refractivity contribution in [3.63, 3.8) is 0 Å². The number of piperazine rings is 1. The molecule has 7 nitrogen and oxygen atoms in total. The first kappa shape index (κ1) is 24.1. The van der Waals surface area contributed by atoms with Crippen LogP contribution in [0.25, 0.3) is 0 Å². The van der Waals surface area contributed by atoms with Gasteiger partial charge in [-0.05, 0) is 56.1 Å². The number of halogens is 2. The Morgan fingerprint density at radius 3 is 2.58 bits per heavy atom. The van der Waals surface area contributed by atoms with Gasteiger partial charge in [-0.1, -0.05) is 36.2 Å². The van der Waals surface area contributed by atoms with Gasteiger partial charge in [0.15, 0.2) is 0 Å². The Morgan fingerprint density at radius 1 is 1.15 bits per heavy atom. The minimum absolute atomic E-state index is 0.429. The van der Waals surface area contributed by atoms with Crippen LogP contribution in [0.15, 0.2) is 30.5 Å². The molecule has 4 rings (SSSR count). The van der Waals surface area contributed by atoms with E-state index in [1.807, 2.05) is 12.1 Å². The number of rotatable bonds is 6. The summed E-state index contributed by atoms with van der Waals surface area (Å²) in [4.78, 5) is 23.7. The van der Waals surface area contributed by atoms with Gasteiger partial charge in [-0.3, -0.25) is 14.6 Å². The van der Waals surface area contributed by atoms with E-state index in [1.54, 1.807) is 18.3 Å². The molecule has 2 aliphatic rings. The second-order valence-electron chi connectivity index (χ2n) is 8.99. The predicted molar refractivity (Wildman–Crippen MR) is 135 cm³/mol. The van der Waals surface area contributed by atoms with Crippen LogP contribution in [-0.2, 0) is 6.54 Å². The molecule has 0 saturated carbocycles. The Hall–Kier alpha value is -2.06. The summed E-state index contributed by atoms with van der Waals surface area (Å²) in [6.45, 7) is 7.77. The molecule has 0 unspecified atom stereocenters. The number of piperidine rings is 1. The van der Waals surface area contributed by atoms with Crippen molar-refractivity contribution in [2.75, 3.05) is 43.4 Å². The Kier molecular flexibility index (Phi) is 7.64. The van der Waals surface area contributed by atoms with Crippen molar-refractivity contribution in [1.29, 1.82) is 0 Å². The molecule has 1 atom stereocenters. The van der Waals surface area contributed by atoms with Crippen LogP contribution < -0.4 is 16.4 Å². The van der Waals surface area contributed by atoms with Gasteiger partial charge in [-0.25, -0.2) is 4.98 Å². The third-order valence-electron chi connectivity index (χ3n) is 6.90. The fourth-order valence-electron chi connectivity index (χ4n) is 5.15. The van der Waals surface area contributed by atoms with Crippen LogP contribution in [0.4, 0.5) is 11.5 Å². The number of likely N-dealkylation sites (tertiary alicyclic amines) is 1. The van der Waals surface area contributed by atoms with Crippen LogP contribution in [0, 0.1) is 0 Å². The number of anilines is 2. The molecular weight excluding hydrogens is 459 g/mol. The largest absolute Gasteiger partial charge is 0.397 e. The summed E-state index contributed by atoms with van der Waals surface area (Å²) in [6, 6.07) is 8.20. The van der Waals surface area contributed by atoms with E-state index in [9.17, 15) is 4.79 Å². The van der Waals surface area contributed by atoms with Gasteiger partial charge in [-0.15, -0.1) is 0 Å². The zero-order chi connectivity index (χ0) is 23.5. The summed E-state index contributed by atoms with van der Waals surface area (Å²) in [5.41, 5.74) is 13.4. The van der Waals surface area contributed by atoms with E-state index >= 15 is 0 Å². The van der Waals surface area contributed by atoms with Crippen LogP contribution in [0.2, 0.25) is 10.0 Å². The van der Waals surface area contributed by atoms with Gasteiger partial charge in [-0.2, -0.15) is 0 Å². The van der Waals surface area contributed by atoms with Crippen molar-refractivity contribution >= 4 is 40.6 Å². The van der Waals surface area contributed by atoms with Crippen LogP contribution >= 0.6 is 23.2 Å². The van der Waals surface area contributed by atoms with Crippen molar-refractivity contribution in [2.45, 2.75) is 44.8 Å². The molecule has 2 saturated heterocycles. The predicted octanol–water partition coefficient (Wildman–Crippen LogP) is 3.63. The number of nitrogen functional groups attached to an aromatic ring is 1. The maximum atomic E-state index is 11.8. The molecule has 4 N–H and O–H groups in total. The average Bonchev–Trinajstić information content (AvgIpc) is 2.80. The van der Waals surface area contributed by atoms with E-state index in [2.05, 4.69) is 26.6 Å². The van der Waals surface area contributed by atoms with Crippen molar-refractivity contribution < 1.29 is 4.79 Å². The van der Waals surface area contributed by atoms with Gasteiger partial charge < -0.3 is 16.4 Å². The third kappa shape index (κ3) is 5.54. The molecule has 1 amide bonds. The van der Waals surface area contributed by atoms with E-state index in [-0.39, 0.29) is 0 Å². The van der Waals surface area contributed by atoms with E-state index in [0.29, 0.717) is 39.9 Å². The topological polar surface area (TPSA) is 91.7 Å². The molecule has 178 valence electrons. The van der Waals surface area contributed by atoms with Crippen LogP contribution in [-0.4, -0.2) is 65.5 Å². The first-order chi connectivity index (χ1) is 15.9. The fraction of sp³-hybridized carbons (Fsp3) is 0.500. The minimum atomic E-state index is -0.429. The molecule has 2 aliphatic heterocycles. The second kappa shape index (κ2) is 10.5. The monoisotopic (exact) mass is 490 g/mol. The first-order valence-electron chi connectivity index (χ1n) is 11.6. The number of pyridine rings is 1. The Morgan fingerprint density at radius 2 is 1.91 bits per heavy atom. The van der Waals surface area contributed by atoms with Crippen LogP contribution in [0.1, 0.15) is 42.1 Å². The number of primary amides is 1. The maximum Gasteiger partial charge on any atom is 0.249 e. The highest BCUT2D eigenvalue weighted by atomic mass is 35.5. The van der Waals surface area contributed by atoms with Gasteiger partial charge in [0.25, 0.3) is 0 Å². The van der Waals surface area contributed by atoms with Gasteiger partial charge in [0.2, 0.25) is 5.91 Å². The minimum Gasteiger partial charge on any atom is -0.397 e. The number of amides is 1. The molecular formula is C24H32Cl2N6O. The normalized spacial score (nSPS) is 20.8. The van der Waals surface area contributed by atoms with Crippen molar-refractivity contribution in [3.8, 4) is 0 Å². The fourth-order valence-corrected chi connectivity index (χ4v) is 5.62. The summed E-state index contributed by atoms with van der Waals surface area (Å²) < 4.78 is 0.